The van der Waals surface area contributed by atoms with E-state index in [4.69, 9.17) is 4.74 Å². The minimum Gasteiger partial charge on any atom is -0.477 e. The van der Waals surface area contributed by atoms with Crippen molar-refractivity contribution in [2.45, 2.75) is 32.2 Å². The normalized spacial score (nSPS) is 13.9. The van der Waals surface area contributed by atoms with Gasteiger partial charge in [-0.2, -0.15) is 5.10 Å². The number of anilines is 1. The first-order chi connectivity index (χ1) is 16.8. The Balaban J connectivity index is 1.44. The lowest BCUT2D eigenvalue weighted by atomic mass is 9.98. The second-order valence-electron chi connectivity index (χ2n) is 8.67. The molecule has 35 heavy (non-hydrogen) atoms. The fourth-order valence-electron chi connectivity index (χ4n) is 4.40. The number of fused-ring (bicyclic) bond motifs is 3. The van der Waals surface area contributed by atoms with E-state index in [-0.39, 0.29) is 30.0 Å². The second kappa shape index (κ2) is 10.0. The molecule has 1 heterocycles. The number of aromatic carboxylic acids is 1. The molecule has 9 heteroatoms. The number of hydrogen-bond donors (Lipinski definition) is 3. The molecule has 2 aromatic carbocycles. The summed E-state index contributed by atoms with van der Waals surface area (Å²) in [6.45, 7) is 3.89. The standard InChI is InChI=1S/C26H28N4O5/c1-4-15(2)23(24(31)27-22-13-21(25(32)33)30(3)29-22)28-26(34)35-14-20-18-11-7-5-9-16(18)17-10-6-8-12-19(17)20/h5-13,15,20,23H,4,14H2,1-3H3,(H,28,34)(H,32,33)(H,27,29,31)/t15-,23-/m0/s1. The van der Waals surface area contributed by atoms with Crippen LogP contribution in [-0.2, 0) is 16.6 Å². The third kappa shape index (κ3) is 4.89. The van der Waals surface area contributed by atoms with Crippen molar-refractivity contribution in [2.75, 3.05) is 11.9 Å². The highest BCUT2D eigenvalue weighted by molar-refractivity contribution is 5.97. The van der Waals surface area contributed by atoms with Gasteiger partial charge in [0.15, 0.2) is 5.82 Å². The lowest BCUT2D eigenvalue weighted by Gasteiger charge is -2.23. The van der Waals surface area contributed by atoms with Gasteiger partial charge in [0.05, 0.1) is 0 Å². The topological polar surface area (TPSA) is 123 Å². The fraction of sp³-hybridized carbons (Fsp3) is 0.308. The van der Waals surface area contributed by atoms with E-state index in [0.29, 0.717) is 6.42 Å². The van der Waals surface area contributed by atoms with Gasteiger partial charge in [-0.15, -0.1) is 0 Å². The average molecular weight is 477 g/mol. The number of hydrogen-bond acceptors (Lipinski definition) is 5. The molecule has 0 radical (unpaired) electrons. The first kappa shape index (κ1) is 24.0. The van der Waals surface area contributed by atoms with E-state index in [9.17, 15) is 19.5 Å². The van der Waals surface area contributed by atoms with Crippen LogP contribution in [-0.4, -0.2) is 45.5 Å². The number of benzene rings is 2. The van der Waals surface area contributed by atoms with Crippen molar-refractivity contribution in [1.29, 1.82) is 0 Å². The highest BCUT2D eigenvalue weighted by atomic mass is 16.5. The van der Waals surface area contributed by atoms with E-state index >= 15 is 0 Å². The maximum absolute atomic E-state index is 12.9. The summed E-state index contributed by atoms with van der Waals surface area (Å²) in [4.78, 5) is 36.9. The van der Waals surface area contributed by atoms with Gasteiger partial charge in [-0.1, -0.05) is 68.8 Å². The molecule has 0 unspecified atom stereocenters. The van der Waals surface area contributed by atoms with Gasteiger partial charge in [0.1, 0.15) is 18.3 Å². The van der Waals surface area contributed by atoms with Crippen molar-refractivity contribution in [3.8, 4) is 11.1 Å². The minimum atomic E-state index is -1.16. The van der Waals surface area contributed by atoms with E-state index in [2.05, 4.69) is 27.9 Å². The smallest absolute Gasteiger partial charge is 0.407 e. The summed E-state index contributed by atoms with van der Waals surface area (Å²) in [6.07, 6.45) is -0.0656. The van der Waals surface area contributed by atoms with Gasteiger partial charge < -0.3 is 20.5 Å². The number of carboxylic acid groups (broad SMARTS) is 1. The van der Waals surface area contributed by atoms with Crippen molar-refractivity contribution in [2.24, 2.45) is 13.0 Å². The molecular weight excluding hydrogens is 448 g/mol. The maximum atomic E-state index is 12.9. The number of carbonyl (C=O) groups is 3. The van der Waals surface area contributed by atoms with Crippen molar-refractivity contribution in [1.82, 2.24) is 15.1 Å². The number of aryl methyl sites for hydroxylation is 1. The first-order valence-corrected chi connectivity index (χ1v) is 11.5. The maximum Gasteiger partial charge on any atom is 0.407 e. The number of carbonyl (C=O) groups excluding carboxylic acids is 2. The Morgan fingerprint density at radius 3 is 2.23 bits per heavy atom. The van der Waals surface area contributed by atoms with Crippen LogP contribution >= 0.6 is 0 Å². The third-order valence-electron chi connectivity index (χ3n) is 6.46. The van der Waals surface area contributed by atoms with Crippen LogP contribution in [0.15, 0.2) is 54.6 Å². The molecule has 9 nitrogen and oxygen atoms in total. The monoisotopic (exact) mass is 476 g/mol. The van der Waals surface area contributed by atoms with Gasteiger partial charge in [0.2, 0.25) is 5.91 Å². The summed E-state index contributed by atoms with van der Waals surface area (Å²) in [5.74, 6) is -1.85. The lowest BCUT2D eigenvalue weighted by Crippen LogP contribution is -2.48. The zero-order chi connectivity index (χ0) is 25.1. The summed E-state index contributed by atoms with van der Waals surface area (Å²) in [6, 6.07) is 16.5. The Morgan fingerprint density at radius 2 is 1.69 bits per heavy atom. The fourth-order valence-corrected chi connectivity index (χ4v) is 4.40. The number of rotatable bonds is 8. The van der Waals surface area contributed by atoms with Crippen LogP contribution in [0.5, 0.6) is 0 Å². The second-order valence-corrected chi connectivity index (χ2v) is 8.67. The Bertz CT molecular complexity index is 1220. The minimum absolute atomic E-state index is 0.0649. The first-order valence-electron chi connectivity index (χ1n) is 11.5. The molecule has 0 fully saturated rings. The van der Waals surface area contributed by atoms with Gasteiger partial charge >= 0.3 is 12.1 Å². The lowest BCUT2D eigenvalue weighted by molar-refractivity contribution is -0.119. The number of nitrogens with one attached hydrogen (secondary N) is 2. The van der Waals surface area contributed by atoms with Crippen LogP contribution in [0.1, 0.15) is 47.8 Å². The van der Waals surface area contributed by atoms with E-state index < -0.39 is 24.0 Å². The van der Waals surface area contributed by atoms with Crippen LogP contribution in [0.3, 0.4) is 0 Å². The molecule has 1 aliphatic rings. The number of carboxylic acids is 1. The average Bonchev–Trinajstić information content (AvgIpc) is 3.38. The molecule has 0 bridgehead atoms. The Kier molecular flexibility index (Phi) is 6.86. The Morgan fingerprint density at radius 1 is 1.09 bits per heavy atom. The molecule has 182 valence electrons. The van der Waals surface area contributed by atoms with Crippen molar-refractivity contribution in [3.63, 3.8) is 0 Å². The largest absolute Gasteiger partial charge is 0.477 e. The highest BCUT2D eigenvalue weighted by Crippen LogP contribution is 2.44. The number of amides is 2. The molecular formula is C26H28N4O5. The number of alkyl carbamates (subject to hydrolysis) is 1. The van der Waals surface area contributed by atoms with E-state index in [1.165, 1.54) is 13.1 Å². The molecule has 2 amide bonds. The van der Waals surface area contributed by atoms with Gasteiger partial charge in [-0.3, -0.25) is 9.48 Å². The van der Waals surface area contributed by atoms with Gasteiger partial charge in [-0.25, -0.2) is 9.59 Å². The summed E-state index contributed by atoms with van der Waals surface area (Å²) in [7, 11) is 1.47. The third-order valence-corrected chi connectivity index (χ3v) is 6.46. The van der Waals surface area contributed by atoms with Gasteiger partial charge in [0.25, 0.3) is 0 Å². The molecule has 2 atom stereocenters. The molecule has 4 rings (SSSR count). The summed E-state index contributed by atoms with van der Waals surface area (Å²) in [5, 5.41) is 18.5. The molecule has 0 spiro atoms. The molecule has 3 N–H and O–H groups in total. The van der Waals surface area contributed by atoms with E-state index in [1.54, 1.807) is 0 Å². The highest BCUT2D eigenvalue weighted by Gasteiger charge is 2.31. The zero-order valence-corrected chi connectivity index (χ0v) is 19.8. The van der Waals surface area contributed by atoms with Gasteiger partial charge in [0, 0.05) is 19.0 Å². The van der Waals surface area contributed by atoms with Crippen LogP contribution in [0.4, 0.5) is 10.6 Å². The molecule has 0 saturated heterocycles. The molecule has 0 aliphatic heterocycles. The quantitative estimate of drug-likeness (QED) is 0.452. The SMILES string of the molecule is CC[C@H](C)[C@H](NC(=O)OCC1c2ccccc2-c2ccccc21)C(=O)Nc1cc(C(=O)O)n(C)n1. The predicted octanol–water partition coefficient (Wildman–Crippen LogP) is 4.01. The number of nitrogens with zero attached hydrogens (tertiary/aromatic N) is 2. The summed E-state index contributed by atoms with van der Waals surface area (Å²) in [5.41, 5.74) is 4.39. The number of aromatic nitrogens is 2. The van der Waals surface area contributed by atoms with Crippen molar-refractivity contribution < 1.29 is 24.2 Å². The Hall–Kier alpha value is -4.14. The molecule has 3 aromatic rings. The van der Waals surface area contributed by atoms with Crippen LogP contribution < -0.4 is 10.6 Å². The van der Waals surface area contributed by atoms with Crippen LogP contribution in [0.25, 0.3) is 11.1 Å². The number of ether oxygens (including phenoxy) is 1. The molecule has 0 saturated carbocycles. The van der Waals surface area contributed by atoms with Crippen LogP contribution in [0.2, 0.25) is 0 Å². The van der Waals surface area contributed by atoms with Crippen molar-refractivity contribution in [3.05, 3.63) is 71.4 Å². The summed E-state index contributed by atoms with van der Waals surface area (Å²) < 4.78 is 6.75. The zero-order valence-electron chi connectivity index (χ0n) is 19.8. The Labute approximate surface area is 203 Å². The van der Waals surface area contributed by atoms with Gasteiger partial charge in [-0.05, 0) is 28.2 Å². The van der Waals surface area contributed by atoms with E-state index in [1.807, 2.05) is 50.2 Å². The van der Waals surface area contributed by atoms with Crippen LogP contribution in [0, 0.1) is 5.92 Å². The predicted molar refractivity (Wildman–Crippen MR) is 130 cm³/mol. The summed E-state index contributed by atoms with van der Waals surface area (Å²) >= 11 is 0. The molecule has 1 aliphatic carbocycles. The molecule has 1 aromatic heterocycles. The van der Waals surface area contributed by atoms with Crippen molar-refractivity contribution >= 4 is 23.8 Å². The van der Waals surface area contributed by atoms with E-state index in [0.717, 1.165) is 26.9 Å².